The zero-order chi connectivity index (χ0) is 13.0. The number of nitrogens with one attached hydrogen (secondary N) is 1. The zero-order valence-corrected chi connectivity index (χ0v) is 9.84. The first kappa shape index (κ1) is 12.0. The lowest BCUT2D eigenvalue weighted by atomic mass is 10.2. The average Bonchev–Trinajstić information content (AvgIpc) is 2.90. The highest BCUT2D eigenvalue weighted by Gasteiger charge is 2.08. The van der Waals surface area contributed by atoms with E-state index in [-0.39, 0.29) is 11.6 Å². The van der Waals surface area contributed by atoms with E-state index < -0.39 is 0 Å². The number of nitrogens with zero attached hydrogens (tertiary/aromatic N) is 1. The molecule has 0 aliphatic rings. The Hall–Kier alpha value is -2.50. The van der Waals surface area contributed by atoms with E-state index in [1.807, 2.05) is 6.07 Å². The van der Waals surface area contributed by atoms with Crippen LogP contribution in [0.15, 0.2) is 35.1 Å². The van der Waals surface area contributed by atoms with Crippen LogP contribution in [0.1, 0.15) is 16.1 Å². The Morgan fingerprint density at radius 2 is 2.33 bits per heavy atom. The molecule has 2 aromatic rings. The van der Waals surface area contributed by atoms with Crippen LogP contribution >= 0.6 is 0 Å². The highest BCUT2D eigenvalue weighted by molar-refractivity contribution is 5.91. The second-order valence-corrected chi connectivity index (χ2v) is 3.64. The largest absolute Gasteiger partial charge is 0.495 e. The molecule has 6 heteroatoms. The van der Waals surface area contributed by atoms with E-state index >= 15 is 0 Å². The van der Waals surface area contributed by atoms with Crippen LogP contribution in [-0.4, -0.2) is 18.2 Å². The lowest BCUT2D eigenvalue weighted by molar-refractivity contribution is 0.0942. The van der Waals surface area contributed by atoms with Gasteiger partial charge in [0, 0.05) is 12.6 Å². The summed E-state index contributed by atoms with van der Waals surface area (Å²) in [5.41, 5.74) is 7.43. The van der Waals surface area contributed by atoms with Crippen LogP contribution in [0.25, 0.3) is 0 Å². The molecule has 0 aliphatic carbocycles. The Bertz CT molecular complexity index is 538. The zero-order valence-electron chi connectivity index (χ0n) is 9.84. The predicted octanol–water partition coefficient (Wildman–Crippen LogP) is 1.20. The van der Waals surface area contributed by atoms with E-state index in [4.69, 9.17) is 10.5 Å². The minimum atomic E-state index is -0.293. The molecule has 0 aliphatic heterocycles. The molecule has 0 radical (unpaired) electrons. The number of hydrogen-bond donors (Lipinski definition) is 2. The Balaban J connectivity index is 1.98. The summed E-state index contributed by atoms with van der Waals surface area (Å²) >= 11 is 0. The summed E-state index contributed by atoms with van der Waals surface area (Å²) in [4.78, 5) is 11.6. The van der Waals surface area contributed by atoms with Crippen LogP contribution in [0.5, 0.6) is 5.75 Å². The van der Waals surface area contributed by atoms with Gasteiger partial charge in [0.1, 0.15) is 12.0 Å². The number of carbonyl (C=O) groups is 1. The van der Waals surface area contributed by atoms with Gasteiger partial charge in [0.2, 0.25) is 0 Å². The molecule has 1 heterocycles. The normalized spacial score (nSPS) is 10.1. The summed E-state index contributed by atoms with van der Waals surface area (Å²) in [5, 5.41) is 6.25. The number of amides is 1. The fourth-order valence-corrected chi connectivity index (χ4v) is 1.50. The molecule has 3 N–H and O–H groups in total. The molecule has 0 fully saturated rings. The topological polar surface area (TPSA) is 90.4 Å². The first-order valence-corrected chi connectivity index (χ1v) is 5.31. The Kier molecular flexibility index (Phi) is 3.47. The van der Waals surface area contributed by atoms with Crippen molar-refractivity contribution in [2.45, 2.75) is 6.54 Å². The maximum absolute atomic E-state index is 11.6. The second kappa shape index (κ2) is 5.22. The SMILES string of the molecule is COc1ccc(CNC(=O)c2ccon2)cc1N. The monoisotopic (exact) mass is 247 g/mol. The number of methoxy groups -OCH3 is 1. The van der Waals surface area contributed by atoms with Crippen LogP contribution in [-0.2, 0) is 6.54 Å². The number of rotatable bonds is 4. The number of nitrogens with two attached hydrogens (primary N) is 1. The number of benzene rings is 1. The van der Waals surface area contributed by atoms with Crippen molar-refractivity contribution in [2.24, 2.45) is 0 Å². The molecule has 0 saturated heterocycles. The maximum atomic E-state index is 11.6. The summed E-state index contributed by atoms with van der Waals surface area (Å²) in [6, 6.07) is 6.84. The first-order valence-electron chi connectivity index (χ1n) is 5.31. The molecule has 94 valence electrons. The van der Waals surface area contributed by atoms with Crippen molar-refractivity contribution in [3.63, 3.8) is 0 Å². The quantitative estimate of drug-likeness (QED) is 0.792. The van der Waals surface area contributed by atoms with E-state index in [1.54, 1.807) is 19.2 Å². The Labute approximate surface area is 104 Å². The summed E-state index contributed by atoms with van der Waals surface area (Å²) in [7, 11) is 1.55. The molecule has 0 unspecified atom stereocenters. The van der Waals surface area contributed by atoms with Crippen molar-refractivity contribution in [1.29, 1.82) is 0 Å². The third-order valence-corrected chi connectivity index (χ3v) is 2.42. The van der Waals surface area contributed by atoms with E-state index in [9.17, 15) is 4.79 Å². The van der Waals surface area contributed by atoms with Crippen LogP contribution < -0.4 is 15.8 Å². The van der Waals surface area contributed by atoms with Gasteiger partial charge in [-0.25, -0.2) is 0 Å². The van der Waals surface area contributed by atoms with Gasteiger partial charge in [0.05, 0.1) is 12.8 Å². The lowest BCUT2D eigenvalue weighted by Crippen LogP contribution is -2.23. The van der Waals surface area contributed by atoms with Crippen LogP contribution in [0.3, 0.4) is 0 Å². The third-order valence-electron chi connectivity index (χ3n) is 2.42. The molecule has 2 rings (SSSR count). The first-order chi connectivity index (χ1) is 8.70. The molecule has 1 aromatic carbocycles. The van der Waals surface area contributed by atoms with E-state index in [0.717, 1.165) is 5.56 Å². The van der Waals surface area contributed by atoms with Gasteiger partial charge in [-0.3, -0.25) is 4.79 Å². The third kappa shape index (κ3) is 2.60. The van der Waals surface area contributed by atoms with Crippen molar-refractivity contribution in [3.05, 3.63) is 41.8 Å². The molecule has 18 heavy (non-hydrogen) atoms. The standard InChI is InChI=1S/C12H13N3O3/c1-17-11-3-2-8(6-9(11)13)7-14-12(16)10-4-5-18-15-10/h2-6H,7,13H2,1H3,(H,14,16). The summed E-state index contributed by atoms with van der Waals surface area (Å²) < 4.78 is 9.64. The number of ether oxygens (including phenoxy) is 1. The molecule has 0 saturated carbocycles. The van der Waals surface area contributed by atoms with Gasteiger partial charge in [0.25, 0.3) is 5.91 Å². The van der Waals surface area contributed by atoms with Gasteiger partial charge in [-0.05, 0) is 17.7 Å². The van der Waals surface area contributed by atoms with Crippen molar-refractivity contribution >= 4 is 11.6 Å². The summed E-state index contributed by atoms with van der Waals surface area (Å²) in [6.45, 7) is 0.361. The highest BCUT2D eigenvalue weighted by Crippen LogP contribution is 2.21. The van der Waals surface area contributed by atoms with Gasteiger partial charge in [-0.15, -0.1) is 0 Å². The molecule has 0 bridgehead atoms. The van der Waals surface area contributed by atoms with E-state index in [1.165, 1.54) is 12.3 Å². The molecular weight excluding hydrogens is 234 g/mol. The number of hydrogen-bond acceptors (Lipinski definition) is 5. The molecule has 1 amide bonds. The number of nitrogen functional groups attached to an aromatic ring is 1. The fraction of sp³-hybridized carbons (Fsp3) is 0.167. The molecular formula is C12H13N3O3. The minimum absolute atomic E-state index is 0.247. The van der Waals surface area contributed by atoms with Gasteiger partial charge in [-0.1, -0.05) is 11.2 Å². The van der Waals surface area contributed by atoms with Crippen molar-refractivity contribution in [3.8, 4) is 5.75 Å². The van der Waals surface area contributed by atoms with Gasteiger partial charge in [-0.2, -0.15) is 0 Å². The minimum Gasteiger partial charge on any atom is -0.495 e. The summed E-state index contributed by atoms with van der Waals surface area (Å²) in [5.74, 6) is 0.319. The van der Waals surface area contributed by atoms with Gasteiger partial charge in [0.15, 0.2) is 5.69 Å². The average molecular weight is 247 g/mol. The van der Waals surface area contributed by atoms with Crippen LogP contribution in [0.4, 0.5) is 5.69 Å². The Morgan fingerprint density at radius 1 is 1.50 bits per heavy atom. The smallest absolute Gasteiger partial charge is 0.273 e. The second-order valence-electron chi connectivity index (χ2n) is 3.64. The number of aromatic nitrogens is 1. The highest BCUT2D eigenvalue weighted by atomic mass is 16.5. The fourth-order valence-electron chi connectivity index (χ4n) is 1.50. The molecule has 6 nitrogen and oxygen atoms in total. The van der Waals surface area contributed by atoms with Crippen molar-refractivity contribution in [1.82, 2.24) is 10.5 Å². The molecule has 1 aromatic heterocycles. The lowest BCUT2D eigenvalue weighted by Gasteiger charge is -2.07. The maximum Gasteiger partial charge on any atom is 0.273 e. The number of carbonyl (C=O) groups excluding carboxylic acids is 1. The van der Waals surface area contributed by atoms with Gasteiger partial charge < -0.3 is 20.3 Å². The van der Waals surface area contributed by atoms with E-state index in [0.29, 0.717) is 18.0 Å². The summed E-state index contributed by atoms with van der Waals surface area (Å²) in [6.07, 6.45) is 1.35. The number of anilines is 1. The van der Waals surface area contributed by atoms with Gasteiger partial charge >= 0.3 is 0 Å². The molecule has 0 atom stereocenters. The van der Waals surface area contributed by atoms with E-state index in [2.05, 4.69) is 15.0 Å². The van der Waals surface area contributed by atoms with Crippen molar-refractivity contribution in [2.75, 3.05) is 12.8 Å². The van der Waals surface area contributed by atoms with Crippen LogP contribution in [0.2, 0.25) is 0 Å². The predicted molar refractivity (Wildman–Crippen MR) is 65.1 cm³/mol. The van der Waals surface area contributed by atoms with Crippen LogP contribution in [0, 0.1) is 0 Å². The molecule has 0 spiro atoms. The Morgan fingerprint density at radius 3 is 2.94 bits per heavy atom. The van der Waals surface area contributed by atoms with Crippen molar-refractivity contribution < 1.29 is 14.1 Å².